The fraction of sp³-hybridized carbons (Fsp3) is 0.0952. The number of nitrogens with zero attached hydrogens (tertiary/aromatic N) is 2. The first-order chi connectivity index (χ1) is 13.1. The summed E-state index contributed by atoms with van der Waals surface area (Å²) in [6.45, 7) is 0. The molecule has 144 valence electrons. The molecule has 1 heterocycles. The van der Waals surface area contributed by atoms with Gasteiger partial charge >= 0.3 is 0 Å². The Kier molecular flexibility index (Phi) is 6.78. The largest absolute Gasteiger partial charge is 0.497 e. The second-order valence-corrected chi connectivity index (χ2v) is 7.79. The molecule has 4 aromatic rings. The molecule has 3 nitrogen and oxygen atoms in total. The Morgan fingerprint density at radius 1 is 0.929 bits per heavy atom. The second-order valence-electron chi connectivity index (χ2n) is 5.98. The molecule has 4 rings (SSSR count). The summed E-state index contributed by atoms with van der Waals surface area (Å²) in [6.07, 6.45) is 0. The van der Waals surface area contributed by atoms with Gasteiger partial charge in [-0.25, -0.2) is 4.98 Å². The SMILES string of the molecule is COc1ccc(-n2c(SCc3ccc(Cl)cc3)nc3cc(Cl)ccc32)cc1.Cl. The number of halogens is 3. The lowest BCUT2D eigenvalue weighted by Gasteiger charge is -2.10. The van der Waals surface area contributed by atoms with Gasteiger partial charge in [-0.2, -0.15) is 0 Å². The van der Waals surface area contributed by atoms with Crippen LogP contribution in [0.25, 0.3) is 16.7 Å². The molecule has 28 heavy (non-hydrogen) atoms. The smallest absolute Gasteiger partial charge is 0.174 e. The molecule has 1 aromatic heterocycles. The number of methoxy groups -OCH3 is 1. The van der Waals surface area contributed by atoms with E-state index in [0.717, 1.165) is 38.4 Å². The van der Waals surface area contributed by atoms with Crippen molar-refractivity contribution >= 4 is 58.4 Å². The highest BCUT2D eigenvalue weighted by Crippen LogP contribution is 2.32. The summed E-state index contributed by atoms with van der Waals surface area (Å²) in [5.74, 6) is 1.62. The highest BCUT2D eigenvalue weighted by Gasteiger charge is 2.14. The Labute approximate surface area is 184 Å². The average molecular weight is 452 g/mol. The van der Waals surface area contributed by atoms with Crippen molar-refractivity contribution < 1.29 is 4.74 Å². The van der Waals surface area contributed by atoms with E-state index in [1.54, 1.807) is 18.9 Å². The maximum absolute atomic E-state index is 6.17. The van der Waals surface area contributed by atoms with Gasteiger partial charge in [0.25, 0.3) is 0 Å². The summed E-state index contributed by atoms with van der Waals surface area (Å²) < 4.78 is 7.42. The number of aromatic nitrogens is 2. The molecule has 0 saturated carbocycles. The third kappa shape index (κ3) is 4.41. The van der Waals surface area contributed by atoms with Crippen molar-refractivity contribution in [2.24, 2.45) is 0 Å². The summed E-state index contributed by atoms with van der Waals surface area (Å²) in [6, 6.07) is 21.6. The first-order valence-corrected chi connectivity index (χ1v) is 10.1. The van der Waals surface area contributed by atoms with Crippen LogP contribution in [0, 0.1) is 0 Å². The predicted octanol–water partition coefficient (Wildman–Crippen LogP) is 7.06. The van der Waals surface area contributed by atoms with E-state index in [-0.39, 0.29) is 12.4 Å². The number of hydrogen-bond donors (Lipinski definition) is 0. The Hall–Kier alpha value is -1.85. The van der Waals surface area contributed by atoms with E-state index in [4.69, 9.17) is 32.9 Å². The lowest BCUT2D eigenvalue weighted by molar-refractivity contribution is 0.414. The summed E-state index contributed by atoms with van der Waals surface area (Å²) in [7, 11) is 1.66. The standard InChI is InChI=1S/C21H16Cl2N2OS.ClH/c1-26-18-9-7-17(8-10-18)25-20-11-6-16(23)12-19(20)24-21(25)27-13-14-2-4-15(22)5-3-14;/h2-12H,13H2,1H3;1H. The van der Waals surface area contributed by atoms with E-state index < -0.39 is 0 Å². The summed E-state index contributed by atoms with van der Waals surface area (Å²) >= 11 is 13.8. The van der Waals surface area contributed by atoms with Gasteiger partial charge in [0.1, 0.15) is 5.75 Å². The molecule has 3 aromatic carbocycles. The van der Waals surface area contributed by atoms with Gasteiger partial charge in [0.15, 0.2) is 5.16 Å². The van der Waals surface area contributed by atoms with Crippen molar-refractivity contribution in [1.29, 1.82) is 0 Å². The first kappa shape index (κ1) is 20.9. The molecule has 0 radical (unpaired) electrons. The molecular weight excluding hydrogens is 435 g/mol. The first-order valence-electron chi connectivity index (χ1n) is 8.34. The van der Waals surface area contributed by atoms with Gasteiger partial charge in [0, 0.05) is 21.5 Å². The van der Waals surface area contributed by atoms with Gasteiger partial charge in [0.2, 0.25) is 0 Å². The van der Waals surface area contributed by atoms with Gasteiger partial charge in [-0.3, -0.25) is 4.57 Å². The Morgan fingerprint density at radius 3 is 2.29 bits per heavy atom. The molecule has 7 heteroatoms. The van der Waals surface area contributed by atoms with Crippen molar-refractivity contribution in [3.63, 3.8) is 0 Å². The highest BCUT2D eigenvalue weighted by molar-refractivity contribution is 7.98. The number of rotatable bonds is 5. The minimum Gasteiger partial charge on any atom is -0.497 e. The van der Waals surface area contributed by atoms with Crippen LogP contribution in [0.5, 0.6) is 5.75 Å². The number of imidazole rings is 1. The fourth-order valence-corrected chi connectivity index (χ4v) is 4.11. The van der Waals surface area contributed by atoms with Crippen molar-refractivity contribution in [2.45, 2.75) is 10.9 Å². The van der Waals surface area contributed by atoms with Crippen LogP contribution in [-0.4, -0.2) is 16.7 Å². The molecule has 0 bridgehead atoms. The average Bonchev–Trinajstić information content (AvgIpc) is 3.05. The molecule has 0 amide bonds. The van der Waals surface area contributed by atoms with E-state index in [0.29, 0.717) is 5.02 Å². The zero-order valence-corrected chi connectivity index (χ0v) is 18.1. The number of hydrogen-bond acceptors (Lipinski definition) is 3. The maximum Gasteiger partial charge on any atom is 0.174 e. The quantitative estimate of drug-likeness (QED) is 0.304. The van der Waals surface area contributed by atoms with Crippen LogP contribution in [0.4, 0.5) is 0 Å². The van der Waals surface area contributed by atoms with Crippen LogP contribution in [0.1, 0.15) is 5.56 Å². The van der Waals surface area contributed by atoms with E-state index in [2.05, 4.69) is 4.57 Å². The van der Waals surface area contributed by atoms with Gasteiger partial charge < -0.3 is 4.74 Å². The molecule has 0 spiro atoms. The molecule has 0 fully saturated rings. The van der Waals surface area contributed by atoms with Crippen molar-refractivity contribution in [3.05, 3.63) is 82.3 Å². The molecule has 0 atom stereocenters. The number of ether oxygens (including phenoxy) is 1. The zero-order valence-electron chi connectivity index (χ0n) is 14.9. The predicted molar refractivity (Wildman–Crippen MR) is 121 cm³/mol. The van der Waals surface area contributed by atoms with Gasteiger partial charge in [-0.1, -0.05) is 47.1 Å². The normalized spacial score (nSPS) is 10.7. The Bertz CT molecular complexity index is 1080. The second kappa shape index (κ2) is 9.10. The number of benzene rings is 3. The minimum atomic E-state index is 0. The zero-order chi connectivity index (χ0) is 18.8. The number of fused-ring (bicyclic) bond motifs is 1. The Balaban J connectivity index is 0.00000225. The molecule has 0 aliphatic rings. The van der Waals surface area contributed by atoms with Crippen molar-refractivity contribution in [1.82, 2.24) is 9.55 Å². The van der Waals surface area contributed by atoms with E-state index >= 15 is 0 Å². The van der Waals surface area contributed by atoms with E-state index in [1.807, 2.05) is 66.7 Å². The van der Waals surface area contributed by atoms with Gasteiger partial charge in [-0.05, 0) is 60.2 Å². The molecular formula is C21H17Cl3N2OS. The molecule has 0 unspecified atom stereocenters. The van der Waals surface area contributed by atoms with E-state index in [1.165, 1.54) is 5.56 Å². The number of thioether (sulfide) groups is 1. The van der Waals surface area contributed by atoms with Crippen LogP contribution >= 0.6 is 47.4 Å². The van der Waals surface area contributed by atoms with Crippen LogP contribution in [0.15, 0.2) is 71.9 Å². The van der Waals surface area contributed by atoms with Gasteiger partial charge in [-0.15, -0.1) is 12.4 Å². The van der Waals surface area contributed by atoms with Crippen LogP contribution in [0.3, 0.4) is 0 Å². The van der Waals surface area contributed by atoms with Crippen LogP contribution < -0.4 is 4.74 Å². The lowest BCUT2D eigenvalue weighted by atomic mass is 10.2. The highest BCUT2D eigenvalue weighted by atomic mass is 35.5. The minimum absolute atomic E-state index is 0. The molecule has 0 saturated heterocycles. The topological polar surface area (TPSA) is 27.1 Å². The van der Waals surface area contributed by atoms with E-state index in [9.17, 15) is 0 Å². The van der Waals surface area contributed by atoms with Crippen molar-refractivity contribution in [3.8, 4) is 11.4 Å². The monoisotopic (exact) mass is 450 g/mol. The summed E-state index contributed by atoms with van der Waals surface area (Å²) in [4.78, 5) is 4.81. The molecule has 0 N–H and O–H groups in total. The fourth-order valence-electron chi connectivity index (χ4n) is 2.84. The van der Waals surface area contributed by atoms with Gasteiger partial charge in [0.05, 0.1) is 18.1 Å². The summed E-state index contributed by atoms with van der Waals surface area (Å²) in [5, 5.41) is 2.33. The molecule has 0 aliphatic heterocycles. The maximum atomic E-state index is 6.17. The summed E-state index contributed by atoms with van der Waals surface area (Å²) in [5.41, 5.74) is 4.11. The van der Waals surface area contributed by atoms with Crippen molar-refractivity contribution in [2.75, 3.05) is 7.11 Å². The van der Waals surface area contributed by atoms with Crippen LogP contribution in [-0.2, 0) is 5.75 Å². The molecule has 0 aliphatic carbocycles. The lowest BCUT2D eigenvalue weighted by Crippen LogP contribution is -1.97. The Morgan fingerprint density at radius 2 is 1.61 bits per heavy atom. The third-order valence-electron chi connectivity index (χ3n) is 4.20. The third-order valence-corrected chi connectivity index (χ3v) is 5.69. The van der Waals surface area contributed by atoms with Crippen LogP contribution in [0.2, 0.25) is 10.0 Å².